The molecule has 1 saturated heterocycles. The molecule has 24 heavy (non-hydrogen) atoms. The van der Waals surface area contributed by atoms with Crippen molar-refractivity contribution in [2.75, 3.05) is 37.7 Å². The lowest BCUT2D eigenvalue weighted by Crippen LogP contribution is -2.57. The predicted octanol–water partition coefficient (Wildman–Crippen LogP) is 2.22. The minimum absolute atomic E-state index is 0.0349. The molecule has 0 bridgehead atoms. The predicted molar refractivity (Wildman–Crippen MR) is 84.8 cm³/mol. The van der Waals surface area contributed by atoms with Gasteiger partial charge in [0.05, 0.1) is 24.8 Å². The maximum atomic E-state index is 12.3. The van der Waals surface area contributed by atoms with Gasteiger partial charge in [0.1, 0.15) is 0 Å². The van der Waals surface area contributed by atoms with Gasteiger partial charge in [-0.1, -0.05) is 0 Å². The highest BCUT2D eigenvalue weighted by molar-refractivity contribution is 5.89. The second-order valence-electron chi connectivity index (χ2n) is 5.69. The van der Waals surface area contributed by atoms with E-state index in [9.17, 15) is 18.0 Å². The molecule has 0 amide bonds. The third-order valence-electron chi connectivity index (χ3n) is 3.92. The van der Waals surface area contributed by atoms with E-state index in [1.807, 2.05) is 4.90 Å². The van der Waals surface area contributed by atoms with Crippen LogP contribution in [-0.2, 0) is 4.74 Å². The molecule has 0 aromatic heterocycles. The number of alkyl halides is 3. The number of anilines is 1. The minimum Gasteiger partial charge on any atom is -0.462 e. The third-order valence-corrected chi connectivity index (χ3v) is 3.92. The maximum Gasteiger partial charge on any atom is 0.390 e. The number of esters is 1. The zero-order valence-corrected chi connectivity index (χ0v) is 13.6. The van der Waals surface area contributed by atoms with Gasteiger partial charge in [-0.25, -0.2) is 4.79 Å². The van der Waals surface area contributed by atoms with Crippen LogP contribution in [0.2, 0.25) is 0 Å². The van der Waals surface area contributed by atoms with E-state index in [2.05, 4.69) is 0 Å². The Hall–Kier alpha value is -1.80. The Bertz CT molecular complexity index is 548. The van der Waals surface area contributed by atoms with Gasteiger partial charge >= 0.3 is 12.1 Å². The van der Waals surface area contributed by atoms with Crippen LogP contribution in [0.1, 0.15) is 23.7 Å². The second-order valence-corrected chi connectivity index (χ2v) is 5.69. The average molecular weight is 345 g/mol. The van der Waals surface area contributed by atoms with E-state index in [4.69, 9.17) is 10.5 Å². The lowest BCUT2D eigenvalue weighted by molar-refractivity contribution is -0.138. The molecule has 5 nitrogen and oxygen atoms in total. The zero-order valence-electron chi connectivity index (χ0n) is 13.6. The van der Waals surface area contributed by atoms with E-state index in [0.717, 1.165) is 5.69 Å². The first kappa shape index (κ1) is 18.5. The van der Waals surface area contributed by atoms with Crippen molar-refractivity contribution in [2.45, 2.75) is 25.7 Å². The second kappa shape index (κ2) is 7.85. The number of benzene rings is 1. The first-order valence-corrected chi connectivity index (χ1v) is 7.88. The van der Waals surface area contributed by atoms with Gasteiger partial charge in [-0.05, 0) is 31.2 Å². The van der Waals surface area contributed by atoms with Crippen LogP contribution in [0.3, 0.4) is 0 Å². The molecule has 1 unspecified atom stereocenters. The number of rotatable bonds is 5. The van der Waals surface area contributed by atoms with E-state index in [-0.39, 0.29) is 18.7 Å². The fourth-order valence-electron chi connectivity index (χ4n) is 2.68. The minimum atomic E-state index is -4.15. The molecule has 1 aliphatic rings. The van der Waals surface area contributed by atoms with E-state index >= 15 is 0 Å². The summed E-state index contributed by atoms with van der Waals surface area (Å²) in [5.74, 6) is -0.384. The highest BCUT2D eigenvalue weighted by Gasteiger charge is 2.30. The van der Waals surface area contributed by atoms with E-state index in [0.29, 0.717) is 31.8 Å². The van der Waals surface area contributed by atoms with Gasteiger partial charge < -0.3 is 15.4 Å². The first-order chi connectivity index (χ1) is 11.3. The molecular formula is C16H22F3N3O2. The molecule has 134 valence electrons. The maximum absolute atomic E-state index is 12.3. The molecule has 1 aliphatic heterocycles. The van der Waals surface area contributed by atoms with Crippen molar-refractivity contribution in [2.24, 2.45) is 5.73 Å². The fourth-order valence-corrected chi connectivity index (χ4v) is 2.68. The number of halogens is 3. The third kappa shape index (κ3) is 5.10. The summed E-state index contributed by atoms with van der Waals surface area (Å²) in [5.41, 5.74) is 7.39. The number of carbonyl (C=O) groups excluding carboxylic acids is 1. The van der Waals surface area contributed by atoms with Crippen LogP contribution >= 0.6 is 0 Å². The molecule has 1 aromatic rings. The largest absolute Gasteiger partial charge is 0.462 e. The Balaban J connectivity index is 1.93. The van der Waals surface area contributed by atoms with Gasteiger partial charge in [0, 0.05) is 31.9 Å². The van der Waals surface area contributed by atoms with Gasteiger partial charge in [0.15, 0.2) is 0 Å². The van der Waals surface area contributed by atoms with Gasteiger partial charge in [-0.15, -0.1) is 0 Å². The Morgan fingerprint density at radius 1 is 1.29 bits per heavy atom. The number of ether oxygens (including phenoxy) is 1. The fraction of sp³-hybridized carbons (Fsp3) is 0.562. The van der Waals surface area contributed by atoms with Crippen LogP contribution in [0.5, 0.6) is 0 Å². The number of nitrogens with two attached hydrogens (primary N) is 1. The number of hydrogen-bond donors (Lipinski definition) is 1. The molecule has 0 spiro atoms. The smallest absolute Gasteiger partial charge is 0.390 e. The van der Waals surface area contributed by atoms with Crippen molar-refractivity contribution in [3.8, 4) is 0 Å². The average Bonchev–Trinajstić information content (AvgIpc) is 2.53. The number of hydrogen-bond acceptors (Lipinski definition) is 5. The van der Waals surface area contributed by atoms with Crippen LogP contribution in [-0.4, -0.2) is 56.0 Å². The standard InChI is InChI=1S/C16H22F3N3O2/c1-2-24-15(23)12-3-5-13(6-4-12)22-10-9-21(11-14(22)20)8-7-16(17,18)19/h3-6,14H,2,7-11,20H2,1H3. The molecule has 0 saturated carbocycles. The number of carbonyl (C=O) groups is 1. The molecule has 1 atom stereocenters. The van der Waals surface area contributed by atoms with E-state index in [1.165, 1.54) is 0 Å². The summed E-state index contributed by atoms with van der Waals surface area (Å²) >= 11 is 0. The summed E-state index contributed by atoms with van der Waals surface area (Å²) in [5, 5.41) is 0. The first-order valence-electron chi connectivity index (χ1n) is 7.88. The molecule has 1 heterocycles. The summed E-state index contributed by atoms with van der Waals surface area (Å²) in [6.45, 7) is 3.44. The summed E-state index contributed by atoms with van der Waals surface area (Å²) in [6.07, 6.45) is -5.36. The zero-order chi connectivity index (χ0) is 17.7. The Morgan fingerprint density at radius 2 is 1.96 bits per heavy atom. The van der Waals surface area contributed by atoms with Crippen LogP contribution in [0.4, 0.5) is 18.9 Å². The van der Waals surface area contributed by atoms with Crippen LogP contribution in [0.25, 0.3) is 0 Å². The monoisotopic (exact) mass is 345 g/mol. The molecular weight excluding hydrogens is 323 g/mol. The summed E-state index contributed by atoms with van der Waals surface area (Å²) in [7, 11) is 0. The molecule has 1 fully saturated rings. The topological polar surface area (TPSA) is 58.8 Å². The molecule has 1 aromatic carbocycles. The highest BCUT2D eigenvalue weighted by atomic mass is 19.4. The molecule has 0 radical (unpaired) electrons. The normalized spacial score (nSPS) is 19.4. The van der Waals surface area contributed by atoms with Gasteiger partial charge in [0.2, 0.25) is 0 Å². The Labute approximate surface area is 139 Å². The van der Waals surface area contributed by atoms with Crippen molar-refractivity contribution >= 4 is 11.7 Å². The molecule has 0 aliphatic carbocycles. The molecule has 2 rings (SSSR count). The number of piperazine rings is 1. The molecule has 2 N–H and O–H groups in total. The summed E-state index contributed by atoms with van der Waals surface area (Å²) in [6, 6.07) is 6.88. The van der Waals surface area contributed by atoms with Gasteiger partial charge in [-0.3, -0.25) is 4.90 Å². The molecule has 8 heteroatoms. The highest BCUT2D eigenvalue weighted by Crippen LogP contribution is 2.23. The lowest BCUT2D eigenvalue weighted by atomic mass is 10.1. The quantitative estimate of drug-likeness (QED) is 0.830. The van der Waals surface area contributed by atoms with Crippen molar-refractivity contribution < 1.29 is 22.7 Å². The summed E-state index contributed by atoms with van der Waals surface area (Å²) < 4.78 is 41.8. The van der Waals surface area contributed by atoms with Crippen LogP contribution < -0.4 is 10.6 Å². The van der Waals surface area contributed by atoms with E-state index < -0.39 is 12.6 Å². The van der Waals surface area contributed by atoms with Crippen LogP contribution in [0, 0.1) is 0 Å². The van der Waals surface area contributed by atoms with Crippen molar-refractivity contribution in [3.05, 3.63) is 29.8 Å². The van der Waals surface area contributed by atoms with E-state index in [1.54, 1.807) is 36.1 Å². The number of nitrogens with zero attached hydrogens (tertiary/aromatic N) is 2. The van der Waals surface area contributed by atoms with Crippen molar-refractivity contribution in [1.29, 1.82) is 0 Å². The van der Waals surface area contributed by atoms with Crippen molar-refractivity contribution in [1.82, 2.24) is 4.90 Å². The van der Waals surface area contributed by atoms with Gasteiger partial charge in [0.25, 0.3) is 0 Å². The Kier molecular flexibility index (Phi) is 6.06. The summed E-state index contributed by atoms with van der Waals surface area (Å²) in [4.78, 5) is 15.3. The van der Waals surface area contributed by atoms with Crippen LogP contribution in [0.15, 0.2) is 24.3 Å². The van der Waals surface area contributed by atoms with Gasteiger partial charge in [-0.2, -0.15) is 13.2 Å². The Morgan fingerprint density at radius 3 is 2.50 bits per heavy atom. The van der Waals surface area contributed by atoms with Crippen molar-refractivity contribution in [3.63, 3.8) is 0 Å². The SMILES string of the molecule is CCOC(=O)c1ccc(N2CCN(CCC(F)(F)F)CC2N)cc1. The lowest BCUT2D eigenvalue weighted by Gasteiger charge is -2.41.